The van der Waals surface area contributed by atoms with Crippen LogP contribution in [0.3, 0.4) is 0 Å². The topological polar surface area (TPSA) is 15.6 Å². The summed E-state index contributed by atoms with van der Waals surface area (Å²) in [4.78, 5) is 0. The first-order valence-electron chi connectivity index (χ1n) is 9.49. The molecule has 3 heteroatoms. The van der Waals surface area contributed by atoms with Gasteiger partial charge in [0.05, 0.1) is 6.54 Å². The minimum atomic E-state index is 0.685. The maximum atomic E-state index is 6.59. The van der Waals surface area contributed by atoms with E-state index in [0.717, 1.165) is 29.0 Å². The predicted octanol–water partition coefficient (Wildman–Crippen LogP) is 6.74. The Kier molecular flexibility index (Phi) is 7.05. The van der Waals surface area contributed by atoms with E-state index in [1.807, 2.05) is 18.0 Å². The van der Waals surface area contributed by atoms with Crippen LogP contribution < -0.4 is 0 Å². The highest BCUT2D eigenvalue weighted by molar-refractivity contribution is 6.31. The Morgan fingerprint density at radius 3 is 2.36 bits per heavy atom. The number of rotatable bonds is 8. The van der Waals surface area contributed by atoms with Gasteiger partial charge >= 0.3 is 0 Å². The molecule has 0 heterocycles. The molecule has 0 N–H and O–H groups in total. The van der Waals surface area contributed by atoms with Crippen molar-refractivity contribution in [3.63, 3.8) is 0 Å². The zero-order valence-corrected chi connectivity index (χ0v) is 16.9. The zero-order chi connectivity index (χ0) is 19.8. The molecular formula is C25H25ClN2. The van der Waals surface area contributed by atoms with E-state index in [9.17, 15) is 0 Å². The number of nitrogens with zero attached hydrogens (tertiary/aromatic N) is 2. The fourth-order valence-corrected chi connectivity index (χ4v) is 3.47. The molecule has 0 amide bonds. The van der Waals surface area contributed by atoms with E-state index in [1.54, 1.807) is 12.4 Å². The van der Waals surface area contributed by atoms with Gasteiger partial charge in [-0.1, -0.05) is 78.8 Å². The van der Waals surface area contributed by atoms with Gasteiger partial charge in [-0.3, -0.25) is 5.01 Å². The zero-order valence-electron chi connectivity index (χ0n) is 16.2. The van der Waals surface area contributed by atoms with Crippen LogP contribution in [0.2, 0.25) is 5.02 Å². The van der Waals surface area contributed by atoms with Crippen LogP contribution >= 0.6 is 11.6 Å². The van der Waals surface area contributed by atoms with Gasteiger partial charge in [-0.15, -0.1) is 0 Å². The minimum absolute atomic E-state index is 0.685. The van der Waals surface area contributed by atoms with Gasteiger partial charge in [-0.05, 0) is 59.7 Å². The number of hydrogen-bond acceptors (Lipinski definition) is 2. The second-order valence-electron chi connectivity index (χ2n) is 6.65. The van der Waals surface area contributed by atoms with Crippen molar-refractivity contribution in [1.29, 1.82) is 0 Å². The summed E-state index contributed by atoms with van der Waals surface area (Å²) in [6.07, 6.45) is 5.42. The Bertz CT molecular complexity index is 948. The average molecular weight is 389 g/mol. The summed E-state index contributed by atoms with van der Waals surface area (Å²) in [7, 11) is 0. The molecule has 0 aromatic heterocycles. The van der Waals surface area contributed by atoms with Crippen molar-refractivity contribution in [2.24, 2.45) is 5.10 Å². The lowest BCUT2D eigenvalue weighted by Crippen LogP contribution is -2.08. The molecule has 0 unspecified atom stereocenters. The summed E-state index contributed by atoms with van der Waals surface area (Å²) in [5.74, 6) is 0. The van der Waals surface area contributed by atoms with E-state index in [-0.39, 0.29) is 0 Å². The van der Waals surface area contributed by atoms with Gasteiger partial charge in [0, 0.05) is 17.4 Å². The van der Waals surface area contributed by atoms with Crippen molar-refractivity contribution in [2.45, 2.75) is 26.3 Å². The Morgan fingerprint density at radius 1 is 0.893 bits per heavy atom. The van der Waals surface area contributed by atoms with Gasteiger partial charge in [-0.2, -0.15) is 5.10 Å². The molecular weight excluding hydrogens is 364 g/mol. The number of hydrogen-bond donors (Lipinski definition) is 0. The second-order valence-corrected chi connectivity index (χ2v) is 7.05. The van der Waals surface area contributed by atoms with Crippen LogP contribution in [0.25, 0.3) is 11.1 Å². The third kappa shape index (κ3) is 5.34. The minimum Gasteiger partial charge on any atom is -0.269 e. The van der Waals surface area contributed by atoms with Crippen molar-refractivity contribution in [3.05, 3.63) is 107 Å². The first-order chi connectivity index (χ1) is 13.7. The molecule has 0 saturated heterocycles. The lowest BCUT2D eigenvalue weighted by molar-refractivity contribution is 0.395. The fraction of sp³-hybridized carbons (Fsp3) is 0.160. The third-order valence-electron chi connectivity index (χ3n) is 4.66. The van der Waals surface area contributed by atoms with Crippen molar-refractivity contribution >= 4 is 17.8 Å². The quantitative estimate of drug-likeness (QED) is 0.308. The molecule has 3 aromatic rings. The molecule has 3 aromatic carbocycles. The van der Waals surface area contributed by atoms with Crippen LogP contribution in [0.5, 0.6) is 0 Å². The summed E-state index contributed by atoms with van der Waals surface area (Å²) in [6.45, 7) is 6.39. The highest BCUT2D eigenvalue weighted by atomic mass is 35.5. The molecule has 0 spiro atoms. The van der Waals surface area contributed by atoms with Crippen molar-refractivity contribution in [3.8, 4) is 11.1 Å². The standard InChI is InChI=1S/C25H25ClN2/c1-3-27-28(4-2)19-21-11-8-12-23(17-21)24-16-15-22(25(26)18-24)14-13-20-9-6-5-7-10-20/h3-12,15-18H,2,13-14,19H2,1H3/b27-3-. The molecule has 142 valence electrons. The van der Waals surface area contributed by atoms with E-state index in [4.69, 9.17) is 11.6 Å². The number of hydrazone groups is 1. The van der Waals surface area contributed by atoms with Crippen LogP contribution in [0.1, 0.15) is 23.6 Å². The molecule has 0 fully saturated rings. The molecule has 0 atom stereocenters. The van der Waals surface area contributed by atoms with E-state index in [1.165, 1.54) is 16.7 Å². The number of aryl methyl sites for hydroxylation is 2. The van der Waals surface area contributed by atoms with Crippen molar-refractivity contribution in [2.75, 3.05) is 0 Å². The summed E-state index contributed by atoms with van der Waals surface area (Å²) < 4.78 is 0. The normalized spacial score (nSPS) is 10.9. The Labute approximate surface area is 172 Å². The molecule has 0 saturated carbocycles. The van der Waals surface area contributed by atoms with Gasteiger partial charge in [0.1, 0.15) is 0 Å². The fourth-order valence-electron chi connectivity index (χ4n) is 3.19. The average Bonchev–Trinajstić information content (AvgIpc) is 2.73. The maximum absolute atomic E-state index is 6.59. The molecule has 0 aliphatic heterocycles. The smallest absolute Gasteiger partial charge is 0.0659 e. The summed E-state index contributed by atoms with van der Waals surface area (Å²) in [5.41, 5.74) is 5.96. The molecule has 2 nitrogen and oxygen atoms in total. The van der Waals surface area contributed by atoms with Gasteiger partial charge < -0.3 is 0 Å². The van der Waals surface area contributed by atoms with E-state index in [2.05, 4.69) is 78.4 Å². The SMILES string of the molecule is C=CN(Cc1cccc(-c2ccc(CCc3ccccc3)c(Cl)c2)c1)/N=C\C. The van der Waals surface area contributed by atoms with Gasteiger partial charge in [-0.25, -0.2) is 0 Å². The van der Waals surface area contributed by atoms with Crippen LogP contribution in [-0.4, -0.2) is 11.2 Å². The lowest BCUT2D eigenvalue weighted by atomic mass is 9.99. The first-order valence-corrected chi connectivity index (χ1v) is 9.87. The third-order valence-corrected chi connectivity index (χ3v) is 5.01. The maximum Gasteiger partial charge on any atom is 0.0659 e. The van der Waals surface area contributed by atoms with E-state index >= 15 is 0 Å². The van der Waals surface area contributed by atoms with E-state index in [0.29, 0.717) is 6.54 Å². The predicted molar refractivity (Wildman–Crippen MR) is 121 cm³/mol. The Morgan fingerprint density at radius 2 is 1.64 bits per heavy atom. The van der Waals surface area contributed by atoms with Gasteiger partial charge in [0.25, 0.3) is 0 Å². The van der Waals surface area contributed by atoms with Crippen LogP contribution in [0.15, 0.2) is 90.7 Å². The van der Waals surface area contributed by atoms with Crippen LogP contribution in [-0.2, 0) is 19.4 Å². The summed E-state index contributed by atoms with van der Waals surface area (Å²) in [5, 5.41) is 6.92. The molecule has 0 radical (unpaired) electrons. The van der Waals surface area contributed by atoms with Crippen molar-refractivity contribution in [1.82, 2.24) is 5.01 Å². The van der Waals surface area contributed by atoms with Crippen LogP contribution in [0, 0.1) is 0 Å². The van der Waals surface area contributed by atoms with Crippen LogP contribution in [0.4, 0.5) is 0 Å². The first kappa shape index (κ1) is 19.9. The summed E-state index contributed by atoms with van der Waals surface area (Å²) >= 11 is 6.59. The molecule has 28 heavy (non-hydrogen) atoms. The Hall–Kier alpha value is -2.84. The molecule has 0 aliphatic rings. The number of halogens is 1. The second kappa shape index (κ2) is 9.91. The molecule has 3 rings (SSSR count). The summed E-state index contributed by atoms with van der Waals surface area (Å²) in [6, 6.07) is 25.3. The van der Waals surface area contributed by atoms with E-state index < -0.39 is 0 Å². The Balaban J connectivity index is 1.74. The van der Waals surface area contributed by atoms with Gasteiger partial charge in [0.2, 0.25) is 0 Å². The highest BCUT2D eigenvalue weighted by Crippen LogP contribution is 2.27. The largest absolute Gasteiger partial charge is 0.269 e. The van der Waals surface area contributed by atoms with Crippen molar-refractivity contribution < 1.29 is 0 Å². The highest BCUT2D eigenvalue weighted by Gasteiger charge is 2.06. The monoisotopic (exact) mass is 388 g/mol. The lowest BCUT2D eigenvalue weighted by Gasteiger charge is -2.14. The van der Waals surface area contributed by atoms with Gasteiger partial charge in [0.15, 0.2) is 0 Å². The molecule has 0 bridgehead atoms. The number of benzene rings is 3. The molecule has 0 aliphatic carbocycles.